The molecule has 0 saturated heterocycles. The highest BCUT2D eigenvalue weighted by Crippen LogP contribution is 2.39. The average Bonchev–Trinajstić information content (AvgIpc) is 3.13. The van der Waals surface area contributed by atoms with Crippen LogP contribution in [0.2, 0.25) is 0 Å². The first-order valence-electron chi connectivity index (χ1n) is 10.3. The fraction of sp³-hybridized carbons (Fsp3) is 0.115. The van der Waals surface area contributed by atoms with Crippen LogP contribution in [0.25, 0.3) is 11.3 Å². The molecule has 0 aliphatic carbocycles. The third-order valence-corrected chi connectivity index (χ3v) is 5.05. The molecule has 1 aliphatic rings. The molecular formula is C26H22N4O3. The number of fused-ring (bicyclic) bond motifs is 1. The first kappa shape index (κ1) is 21.8. The van der Waals surface area contributed by atoms with E-state index in [9.17, 15) is 14.9 Å². The molecule has 7 heteroatoms. The molecule has 0 unspecified atom stereocenters. The number of benzene rings is 3. The van der Waals surface area contributed by atoms with Crippen molar-refractivity contribution in [2.75, 3.05) is 31.3 Å². The Morgan fingerprint density at radius 2 is 1.79 bits per heavy atom. The lowest BCUT2D eigenvalue weighted by Crippen LogP contribution is -2.10. The SMILES string of the molecule is CN(C)CC#Cc1ccc(NC(=C2C(=O)Nc3ccc([N+](=O)[O-])cc32)c2ccccc2)cc1. The van der Waals surface area contributed by atoms with Gasteiger partial charge in [-0.3, -0.25) is 19.8 Å². The van der Waals surface area contributed by atoms with E-state index in [0.29, 0.717) is 29.1 Å². The van der Waals surface area contributed by atoms with E-state index < -0.39 is 4.92 Å². The second-order valence-electron chi connectivity index (χ2n) is 7.80. The Morgan fingerprint density at radius 3 is 2.45 bits per heavy atom. The number of amides is 1. The van der Waals surface area contributed by atoms with Crippen LogP contribution in [0.3, 0.4) is 0 Å². The number of non-ortho nitro benzene ring substituents is 1. The van der Waals surface area contributed by atoms with Gasteiger partial charge in [-0.1, -0.05) is 42.2 Å². The van der Waals surface area contributed by atoms with Gasteiger partial charge in [-0.2, -0.15) is 0 Å². The summed E-state index contributed by atoms with van der Waals surface area (Å²) in [6.07, 6.45) is 0. The minimum Gasteiger partial charge on any atom is -0.354 e. The zero-order valence-electron chi connectivity index (χ0n) is 18.3. The van der Waals surface area contributed by atoms with Crippen LogP contribution in [0.4, 0.5) is 17.1 Å². The maximum absolute atomic E-state index is 12.9. The Hall–Kier alpha value is -4.41. The molecule has 1 amide bonds. The van der Waals surface area contributed by atoms with Gasteiger partial charge in [0, 0.05) is 34.6 Å². The van der Waals surface area contributed by atoms with Crippen molar-refractivity contribution in [3.05, 3.63) is 99.6 Å². The van der Waals surface area contributed by atoms with Crippen LogP contribution in [0.15, 0.2) is 72.8 Å². The molecule has 3 aromatic carbocycles. The fourth-order valence-corrected chi connectivity index (χ4v) is 3.48. The third kappa shape index (κ3) is 4.92. The molecular weight excluding hydrogens is 416 g/mol. The molecule has 0 fully saturated rings. The number of hydrogen-bond donors (Lipinski definition) is 2. The van der Waals surface area contributed by atoms with Crippen molar-refractivity contribution in [3.63, 3.8) is 0 Å². The predicted octanol–water partition coefficient (Wildman–Crippen LogP) is 4.44. The lowest BCUT2D eigenvalue weighted by Gasteiger charge is -2.15. The zero-order valence-corrected chi connectivity index (χ0v) is 18.3. The molecule has 1 heterocycles. The second kappa shape index (κ2) is 9.39. The number of anilines is 2. The van der Waals surface area contributed by atoms with Crippen molar-refractivity contribution in [2.45, 2.75) is 0 Å². The number of hydrogen-bond acceptors (Lipinski definition) is 5. The van der Waals surface area contributed by atoms with Gasteiger partial charge in [0.15, 0.2) is 0 Å². The molecule has 0 spiro atoms. The van der Waals surface area contributed by atoms with Crippen LogP contribution in [0.5, 0.6) is 0 Å². The summed E-state index contributed by atoms with van der Waals surface area (Å²) in [5, 5.41) is 17.5. The van der Waals surface area contributed by atoms with E-state index in [0.717, 1.165) is 16.8 Å². The number of nitrogens with zero attached hydrogens (tertiary/aromatic N) is 2. The van der Waals surface area contributed by atoms with Gasteiger partial charge in [0.1, 0.15) is 0 Å². The monoisotopic (exact) mass is 438 g/mol. The Balaban J connectivity index is 1.76. The van der Waals surface area contributed by atoms with Crippen molar-refractivity contribution >= 4 is 34.2 Å². The number of nitro groups is 1. The molecule has 33 heavy (non-hydrogen) atoms. The van der Waals surface area contributed by atoms with E-state index in [1.807, 2.05) is 73.6 Å². The molecule has 3 aromatic rings. The van der Waals surface area contributed by atoms with Crippen LogP contribution in [0, 0.1) is 22.0 Å². The summed E-state index contributed by atoms with van der Waals surface area (Å²) in [6, 6.07) is 21.4. The topological polar surface area (TPSA) is 87.5 Å². The van der Waals surface area contributed by atoms with Crippen molar-refractivity contribution in [2.24, 2.45) is 0 Å². The molecule has 4 rings (SSSR count). The predicted molar refractivity (Wildman–Crippen MR) is 130 cm³/mol. The summed E-state index contributed by atoms with van der Waals surface area (Å²) < 4.78 is 0. The average molecular weight is 438 g/mol. The van der Waals surface area contributed by atoms with Crippen LogP contribution in [-0.2, 0) is 4.79 Å². The highest BCUT2D eigenvalue weighted by molar-refractivity contribution is 6.37. The molecule has 164 valence electrons. The normalized spacial score (nSPS) is 13.6. The second-order valence-corrected chi connectivity index (χ2v) is 7.80. The van der Waals surface area contributed by atoms with E-state index >= 15 is 0 Å². The Morgan fingerprint density at radius 1 is 1.06 bits per heavy atom. The molecule has 2 N–H and O–H groups in total. The van der Waals surface area contributed by atoms with Crippen LogP contribution in [0.1, 0.15) is 16.7 Å². The summed E-state index contributed by atoms with van der Waals surface area (Å²) in [5.74, 6) is 5.91. The van der Waals surface area contributed by atoms with Crippen molar-refractivity contribution in [1.29, 1.82) is 0 Å². The van der Waals surface area contributed by atoms with E-state index in [1.165, 1.54) is 12.1 Å². The van der Waals surface area contributed by atoms with Gasteiger partial charge in [0.05, 0.1) is 22.7 Å². The molecule has 1 aliphatic heterocycles. The lowest BCUT2D eigenvalue weighted by molar-refractivity contribution is -0.384. The summed E-state index contributed by atoms with van der Waals surface area (Å²) in [6.45, 7) is 0.672. The molecule has 0 aromatic heterocycles. The highest BCUT2D eigenvalue weighted by atomic mass is 16.6. The summed E-state index contributed by atoms with van der Waals surface area (Å²) in [5.41, 5.74) is 4.33. The number of carbonyl (C=O) groups excluding carboxylic acids is 1. The van der Waals surface area contributed by atoms with E-state index in [2.05, 4.69) is 22.5 Å². The Kier molecular flexibility index (Phi) is 6.20. The van der Waals surface area contributed by atoms with Gasteiger partial charge in [0.25, 0.3) is 11.6 Å². The minimum atomic E-state index is -0.466. The van der Waals surface area contributed by atoms with Crippen molar-refractivity contribution < 1.29 is 9.72 Å². The number of nitro benzene ring substituents is 1. The van der Waals surface area contributed by atoms with Gasteiger partial charge >= 0.3 is 0 Å². The van der Waals surface area contributed by atoms with Crippen molar-refractivity contribution in [3.8, 4) is 11.8 Å². The molecule has 0 atom stereocenters. The maximum Gasteiger partial charge on any atom is 0.270 e. The zero-order chi connectivity index (χ0) is 23.4. The first-order valence-corrected chi connectivity index (χ1v) is 10.3. The smallest absolute Gasteiger partial charge is 0.270 e. The summed E-state index contributed by atoms with van der Waals surface area (Å²) >= 11 is 0. The number of nitrogens with one attached hydrogen (secondary N) is 2. The Labute approximate surface area is 191 Å². The van der Waals surface area contributed by atoms with Crippen LogP contribution < -0.4 is 10.6 Å². The minimum absolute atomic E-state index is 0.0733. The number of carbonyl (C=O) groups is 1. The van der Waals surface area contributed by atoms with Gasteiger partial charge < -0.3 is 10.6 Å². The summed E-state index contributed by atoms with van der Waals surface area (Å²) in [4.78, 5) is 25.8. The van der Waals surface area contributed by atoms with Gasteiger partial charge in [-0.25, -0.2) is 0 Å². The van der Waals surface area contributed by atoms with Gasteiger partial charge in [-0.15, -0.1) is 0 Å². The third-order valence-electron chi connectivity index (χ3n) is 5.05. The standard InChI is InChI=1S/C26H22N4O3/c1-29(2)16-6-7-18-10-12-20(13-11-18)27-25(19-8-4-3-5-9-19)24-22-17-21(30(32)33)14-15-23(22)28-26(24)31/h3-5,8-15,17,27H,16H2,1-2H3,(H,28,31). The number of rotatable bonds is 5. The molecule has 0 bridgehead atoms. The Bertz CT molecular complexity index is 1300. The molecule has 0 saturated carbocycles. The van der Waals surface area contributed by atoms with E-state index in [1.54, 1.807) is 6.07 Å². The van der Waals surface area contributed by atoms with Crippen LogP contribution >= 0.6 is 0 Å². The van der Waals surface area contributed by atoms with Gasteiger partial charge in [0.2, 0.25) is 0 Å². The van der Waals surface area contributed by atoms with Crippen molar-refractivity contribution in [1.82, 2.24) is 4.90 Å². The molecule has 7 nitrogen and oxygen atoms in total. The quantitative estimate of drug-likeness (QED) is 0.266. The van der Waals surface area contributed by atoms with Crippen LogP contribution in [-0.4, -0.2) is 36.4 Å². The first-order chi connectivity index (χ1) is 15.9. The maximum atomic E-state index is 12.9. The fourth-order valence-electron chi connectivity index (χ4n) is 3.48. The highest BCUT2D eigenvalue weighted by Gasteiger charge is 2.30. The lowest BCUT2D eigenvalue weighted by atomic mass is 9.99. The van der Waals surface area contributed by atoms with E-state index in [4.69, 9.17) is 0 Å². The largest absolute Gasteiger partial charge is 0.354 e. The van der Waals surface area contributed by atoms with E-state index in [-0.39, 0.29) is 11.6 Å². The van der Waals surface area contributed by atoms with Gasteiger partial charge in [-0.05, 0) is 50.0 Å². The molecule has 0 radical (unpaired) electrons. The summed E-state index contributed by atoms with van der Waals surface area (Å²) in [7, 11) is 3.93.